The number of amides is 1. The molecule has 0 unspecified atom stereocenters. The maximum atomic E-state index is 13.1. The first-order valence-corrected chi connectivity index (χ1v) is 11.9. The molecule has 1 aliphatic heterocycles. The number of benzene rings is 2. The van der Waals surface area contributed by atoms with Crippen LogP contribution < -0.4 is 5.32 Å². The van der Waals surface area contributed by atoms with Crippen molar-refractivity contribution in [1.82, 2.24) is 9.62 Å². The van der Waals surface area contributed by atoms with Crippen LogP contribution in [-0.4, -0.2) is 44.9 Å². The quantitative estimate of drug-likeness (QED) is 0.733. The highest BCUT2D eigenvalue weighted by molar-refractivity contribution is 7.89. The lowest BCUT2D eigenvalue weighted by Crippen LogP contribution is -2.41. The van der Waals surface area contributed by atoms with Crippen molar-refractivity contribution in [2.45, 2.75) is 45.1 Å². The van der Waals surface area contributed by atoms with Crippen LogP contribution in [-0.2, 0) is 34.1 Å². The zero-order valence-electron chi connectivity index (χ0n) is 17.9. The molecule has 6 nitrogen and oxygen atoms in total. The van der Waals surface area contributed by atoms with E-state index in [0.29, 0.717) is 44.0 Å². The first-order chi connectivity index (χ1) is 14.4. The molecule has 0 bridgehead atoms. The Bertz CT molecular complexity index is 1010. The van der Waals surface area contributed by atoms with Crippen molar-refractivity contribution in [3.05, 3.63) is 64.2 Å². The molecule has 1 fully saturated rings. The van der Waals surface area contributed by atoms with E-state index in [1.165, 1.54) is 21.5 Å². The molecule has 1 saturated heterocycles. The van der Waals surface area contributed by atoms with E-state index in [0.717, 1.165) is 18.4 Å². The van der Waals surface area contributed by atoms with Gasteiger partial charge in [0, 0.05) is 25.2 Å². The van der Waals surface area contributed by atoms with Crippen LogP contribution in [0.25, 0.3) is 0 Å². The predicted octanol–water partition coefficient (Wildman–Crippen LogP) is 3.07. The number of hydrogen-bond donors (Lipinski definition) is 1. The van der Waals surface area contributed by atoms with Gasteiger partial charge in [0.2, 0.25) is 10.0 Å². The third-order valence-corrected chi connectivity index (χ3v) is 7.58. The summed E-state index contributed by atoms with van der Waals surface area (Å²) in [5.74, 6) is -0.280. The molecule has 0 aliphatic carbocycles. The lowest BCUT2D eigenvalue weighted by molar-refractivity contribution is 0.0730. The van der Waals surface area contributed by atoms with Gasteiger partial charge in [-0.2, -0.15) is 4.31 Å². The van der Waals surface area contributed by atoms with Gasteiger partial charge in [-0.25, -0.2) is 8.42 Å². The van der Waals surface area contributed by atoms with E-state index < -0.39 is 10.0 Å². The molecule has 30 heavy (non-hydrogen) atoms. The summed E-state index contributed by atoms with van der Waals surface area (Å²) in [7, 11) is -3.66. The van der Waals surface area contributed by atoms with Gasteiger partial charge < -0.3 is 10.1 Å². The third-order valence-electron chi connectivity index (χ3n) is 5.54. The second kappa shape index (κ2) is 9.73. The number of carbonyl (C=O) groups excluding carboxylic acids is 1. The Morgan fingerprint density at radius 1 is 1.03 bits per heavy atom. The topological polar surface area (TPSA) is 75.7 Å². The Hall–Kier alpha value is -2.22. The van der Waals surface area contributed by atoms with Crippen molar-refractivity contribution in [2.24, 2.45) is 0 Å². The van der Waals surface area contributed by atoms with E-state index in [1.54, 1.807) is 19.1 Å². The molecule has 7 heteroatoms. The van der Waals surface area contributed by atoms with Crippen LogP contribution >= 0.6 is 0 Å². The van der Waals surface area contributed by atoms with Crippen LogP contribution in [0.5, 0.6) is 0 Å². The molecular weight excluding hydrogens is 400 g/mol. The van der Waals surface area contributed by atoms with Crippen molar-refractivity contribution in [3.63, 3.8) is 0 Å². The molecule has 0 atom stereocenters. The fourth-order valence-electron chi connectivity index (χ4n) is 3.63. The lowest BCUT2D eigenvalue weighted by atomic mass is 10.0. The average Bonchev–Trinajstić information content (AvgIpc) is 2.77. The number of sulfonamides is 1. The number of aryl methyl sites for hydroxylation is 3. The second-order valence-electron chi connectivity index (χ2n) is 7.49. The fourth-order valence-corrected chi connectivity index (χ4v) is 5.29. The summed E-state index contributed by atoms with van der Waals surface area (Å²) in [5.41, 5.74) is 4.50. The highest BCUT2D eigenvalue weighted by atomic mass is 32.2. The Morgan fingerprint density at radius 3 is 2.43 bits per heavy atom. The molecule has 1 amide bonds. The molecule has 0 radical (unpaired) electrons. The lowest BCUT2D eigenvalue weighted by Gasteiger charge is -2.26. The summed E-state index contributed by atoms with van der Waals surface area (Å²) in [4.78, 5) is 13.0. The molecule has 0 saturated carbocycles. The molecule has 1 heterocycles. The van der Waals surface area contributed by atoms with Crippen LogP contribution in [0.1, 0.15) is 46.5 Å². The van der Waals surface area contributed by atoms with E-state index >= 15 is 0 Å². The Kier molecular flexibility index (Phi) is 7.28. The minimum atomic E-state index is -3.66. The maximum Gasteiger partial charge on any atom is 0.251 e. The Morgan fingerprint density at radius 2 is 1.77 bits per heavy atom. The zero-order valence-corrected chi connectivity index (χ0v) is 18.7. The molecule has 0 aromatic heterocycles. The minimum Gasteiger partial charge on any atom is -0.379 e. The zero-order chi connectivity index (χ0) is 21.7. The molecular formula is C23H30N2O4S. The summed E-state index contributed by atoms with van der Waals surface area (Å²) in [6.45, 7) is 7.77. The van der Waals surface area contributed by atoms with Crippen molar-refractivity contribution >= 4 is 15.9 Å². The van der Waals surface area contributed by atoms with Gasteiger partial charge in [-0.15, -0.1) is 0 Å². The molecule has 2 aromatic rings. The van der Waals surface area contributed by atoms with Gasteiger partial charge in [-0.1, -0.05) is 38.1 Å². The minimum absolute atomic E-state index is 0.180. The summed E-state index contributed by atoms with van der Waals surface area (Å²) < 4.78 is 32.8. The number of nitrogens with zero attached hydrogens (tertiary/aromatic N) is 1. The Labute approximate surface area is 179 Å². The van der Waals surface area contributed by atoms with Crippen molar-refractivity contribution in [3.8, 4) is 0 Å². The second-order valence-corrected chi connectivity index (χ2v) is 9.40. The third kappa shape index (κ3) is 4.91. The molecule has 0 spiro atoms. The van der Waals surface area contributed by atoms with E-state index in [4.69, 9.17) is 4.74 Å². The van der Waals surface area contributed by atoms with E-state index in [-0.39, 0.29) is 10.8 Å². The number of ether oxygens (including phenoxy) is 1. The molecule has 2 aromatic carbocycles. The number of rotatable bonds is 7. The normalized spacial score (nSPS) is 15.2. The summed E-state index contributed by atoms with van der Waals surface area (Å²) in [5, 5.41) is 2.95. The number of nitrogens with one attached hydrogen (secondary N) is 1. The van der Waals surface area contributed by atoms with Gasteiger partial charge in [0.05, 0.1) is 18.1 Å². The SMILES string of the molecule is CCc1ccc(CC)c(CNC(=O)c2ccc(C)c(S(=O)(=O)N3CCOCC3)c2)c1. The summed E-state index contributed by atoms with van der Waals surface area (Å²) >= 11 is 0. The fraction of sp³-hybridized carbons (Fsp3) is 0.435. The van der Waals surface area contributed by atoms with Gasteiger partial charge in [0.15, 0.2) is 0 Å². The van der Waals surface area contributed by atoms with E-state index in [9.17, 15) is 13.2 Å². The van der Waals surface area contributed by atoms with Crippen LogP contribution in [0, 0.1) is 6.92 Å². The summed E-state index contributed by atoms with van der Waals surface area (Å²) in [6, 6.07) is 11.2. The maximum absolute atomic E-state index is 13.1. The average molecular weight is 431 g/mol. The van der Waals surface area contributed by atoms with Gasteiger partial charge in [0.25, 0.3) is 5.91 Å². The number of morpholine rings is 1. The van der Waals surface area contributed by atoms with Crippen LogP contribution in [0.2, 0.25) is 0 Å². The van der Waals surface area contributed by atoms with E-state index in [1.807, 2.05) is 0 Å². The Balaban J connectivity index is 1.80. The van der Waals surface area contributed by atoms with Crippen molar-refractivity contribution in [2.75, 3.05) is 26.3 Å². The highest BCUT2D eigenvalue weighted by Gasteiger charge is 2.28. The molecule has 3 rings (SSSR count). The van der Waals surface area contributed by atoms with Gasteiger partial charge in [-0.05, 0) is 54.2 Å². The molecule has 1 N–H and O–H groups in total. The van der Waals surface area contributed by atoms with Crippen LogP contribution in [0.15, 0.2) is 41.3 Å². The summed E-state index contributed by atoms with van der Waals surface area (Å²) in [6.07, 6.45) is 1.83. The number of hydrogen-bond acceptors (Lipinski definition) is 4. The van der Waals surface area contributed by atoms with E-state index in [2.05, 4.69) is 37.4 Å². The highest BCUT2D eigenvalue weighted by Crippen LogP contribution is 2.22. The van der Waals surface area contributed by atoms with Crippen molar-refractivity contribution < 1.29 is 17.9 Å². The first kappa shape index (κ1) is 22.5. The predicted molar refractivity (Wildman–Crippen MR) is 117 cm³/mol. The van der Waals surface area contributed by atoms with Crippen molar-refractivity contribution in [1.29, 1.82) is 0 Å². The van der Waals surface area contributed by atoms with Gasteiger partial charge >= 0.3 is 0 Å². The first-order valence-electron chi connectivity index (χ1n) is 10.4. The van der Waals surface area contributed by atoms with Crippen LogP contribution in [0.3, 0.4) is 0 Å². The van der Waals surface area contributed by atoms with Crippen LogP contribution in [0.4, 0.5) is 0 Å². The van der Waals surface area contributed by atoms with Gasteiger partial charge in [0.1, 0.15) is 0 Å². The van der Waals surface area contributed by atoms with Gasteiger partial charge in [-0.3, -0.25) is 4.79 Å². The smallest absolute Gasteiger partial charge is 0.251 e. The largest absolute Gasteiger partial charge is 0.379 e. The monoisotopic (exact) mass is 430 g/mol. The molecule has 1 aliphatic rings. The standard InChI is InChI=1S/C23H30N2O4S/c1-4-18-7-9-19(5-2)21(14-18)16-24-23(26)20-8-6-17(3)22(15-20)30(27,28)25-10-12-29-13-11-25/h6-9,14-15H,4-5,10-13,16H2,1-3H3,(H,24,26). The molecule has 162 valence electrons. The number of carbonyl (C=O) groups is 1.